The molecule has 1 aromatic rings. The molecule has 1 saturated carbocycles. The van der Waals surface area contributed by atoms with E-state index in [2.05, 4.69) is 29.3 Å². The van der Waals surface area contributed by atoms with Crippen LogP contribution >= 0.6 is 11.3 Å². The first-order chi connectivity index (χ1) is 11.6. The fraction of sp³-hybridized carbons (Fsp3) is 0.737. The fourth-order valence-electron chi connectivity index (χ4n) is 4.59. The molecule has 3 fully saturated rings. The molecule has 0 radical (unpaired) electrons. The number of carbonyl (C=O) groups is 1. The molecule has 5 heteroatoms. The summed E-state index contributed by atoms with van der Waals surface area (Å²) in [5, 5.41) is 2.10. The van der Waals surface area contributed by atoms with Crippen LogP contribution in [-0.4, -0.2) is 42.4 Å². The third-order valence-corrected chi connectivity index (χ3v) is 6.99. The Morgan fingerprint density at radius 1 is 1.21 bits per heavy atom. The lowest BCUT2D eigenvalue weighted by atomic mass is 9.71. The number of rotatable bonds is 2. The maximum Gasteiger partial charge on any atom is 0.234 e. The second kappa shape index (κ2) is 6.43. The third kappa shape index (κ3) is 2.80. The fourth-order valence-corrected chi connectivity index (χ4v) is 5.57. The van der Waals surface area contributed by atoms with E-state index in [0.717, 1.165) is 51.6 Å². The number of hydrogen-bond donors (Lipinski definition) is 0. The number of likely N-dealkylation sites (tertiary alicyclic amines) is 1. The van der Waals surface area contributed by atoms with Gasteiger partial charge in [0.25, 0.3) is 0 Å². The van der Waals surface area contributed by atoms with Gasteiger partial charge in [-0.1, -0.05) is 25.3 Å². The zero-order chi connectivity index (χ0) is 16.6. The minimum atomic E-state index is -0.432. The summed E-state index contributed by atoms with van der Waals surface area (Å²) in [7, 11) is 0. The Labute approximate surface area is 148 Å². The molecule has 1 unspecified atom stereocenters. The maximum absolute atomic E-state index is 13.5. The van der Waals surface area contributed by atoms with Crippen molar-refractivity contribution in [3.63, 3.8) is 0 Å². The highest BCUT2D eigenvalue weighted by Crippen LogP contribution is 2.44. The topological polar surface area (TPSA) is 38.8 Å². The SMILES string of the molecule is CC1COC2(CCN(C(=O)C3(c4cccs4)CCCCC3)CC2)O1. The standard InChI is InChI=1S/C19H27NO3S/c1-15-14-22-19(23-15)9-11-20(12-10-19)17(21)18(7-3-2-4-8-18)16-6-5-13-24-16/h5-6,13,15H,2-4,7-12,14H2,1H3. The van der Waals surface area contributed by atoms with Crippen LogP contribution in [0.5, 0.6) is 0 Å². The molecule has 1 amide bonds. The molecular formula is C19H27NO3S. The Bertz CT molecular complexity index is 571. The lowest BCUT2D eigenvalue weighted by Gasteiger charge is -2.43. The van der Waals surface area contributed by atoms with Crippen molar-refractivity contribution in [2.24, 2.45) is 0 Å². The molecule has 3 aliphatic rings. The molecule has 4 nitrogen and oxygen atoms in total. The number of carbonyl (C=O) groups excluding carboxylic acids is 1. The van der Waals surface area contributed by atoms with Gasteiger partial charge in [-0.2, -0.15) is 0 Å². The smallest absolute Gasteiger partial charge is 0.234 e. The van der Waals surface area contributed by atoms with Gasteiger partial charge in [0, 0.05) is 30.8 Å². The predicted molar refractivity (Wildman–Crippen MR) is 94.1 cm³/mol. The number of piperidine rings is 1. The monoisotopic (exact) mass is 349 g/mol. The molecule has 24 heavy (non-hydrogen) atoms. The Balaban J connectivity index is 1.50. The van der Waals surface area contributed by atoms with E-state index in [-0.39, 0.29) is 11.5 Å². The lowest BCUT2D eigenvalue weighted by Crippen LogP contribution is -2.53. The van der Waals surface area contributed by atoms with Crippen LogP contribution in [0.1, 0.15) is 56.7 Å². The van der Waals surface area contributed by atoms with Gasteiger partial charge in [0.05, 0.1) is 18.1 Å². The van der Waals surface area contributed by atoms with Crippen LogP contribution in [-0.2, 0) is 19.7 Å². The van der Waals surface area contributed by atoms with E-state index < -0.39 is 5.79 Å². The van der Waals surface area contributed by atoms with E-state index in [0.29, 0.717) is 12.5 Å². The average Bonchev–Trinajstić information content (AvgIpc) is 3.27. The molecule has 1 atom stereocenters. The number of nitrogens with zero attached hydrogens (tertiary/aromatic N) is 1. The first-order valence-corrected chi connectivity index (χ1v) is 10.2. The minimum absolute atomic E-state index is 0.169. The first kappa shape index (κ1) is 16.6. The third-order valence-electron chi connectivity index (χ3n) is 5.92. The molecule has 2 saturated heterocycles. The summed E-state index contributed by atoms with van der Waals surface area (Å²) in [5.74, 6) is -0.0932. The van der Waals surface area contributed by atoms with Crippen LogP contribution in [0.3, 0.4) is 0 Å². The minimum Gasteiger partial charge on any atom is -0.347 e. The van der Waals surface area contributed by atoms with Crippen LogP contribution < -0.4 is 0 Å². The summed E-state index contributed by atoms with van der Waals surface area (Å²) in [4.78, 5) is 16.8. The van der Waals surface area contributed by atoms with Crippen molar-refractivity contribution in [1.82, 2.24) is 4.90 Å². The lowest BCUT2D eigenvalue weighted by molar-refractivity contribution is -0.196. The van der Waals surface area contributed by atoms with Crippen LogP contribution in [0.25, 0.3) is 0 Å². The van der Waals surface area contributed by atoms with E-state index in [1.54, 1.807) is 11.3 Å². The molecule has 1 spiro atoms. The van der Waals surface area contributed by atoms with E-state index in [4.69, 9.17) is 9.47 Å². The van der Waals surface area contributed by atoms with Gasteiger partial charge in [-0.25, -0.2) is 0 Å². The predicted octanol–water partition coefficient (Wildman–Crippen LogP) is 3.70. The Morgan fingerprint density at radius 2 is 1.96 bits per heavy atom. The Morgan fingerprint density at radius 3 is 2.54 bits per heavy atom. The molecule has 3 heterocycles. The average molecular weight is 349 g/mol. The van der Waals surface area contributed by atoms with Crippen LogP contribution in [0, 0.1) is 0 Å². The van der Waals surface area contributed by atoms with Gasteiger partial charge in [0.2, 0.25) is 5.91 Å². The Kier molecular flexibility index (Phi) is 4.43. The molecular weight excluding hydrogens is 322 g/mol. The second-order valence-electron chi connectivity index (χ2n) is 7.56. The zero-order valence-corrected chi connectivity index (χ0v) is 15.3. The van der Waals surface area contributed by atoms with E-state index in [1.165, 1.54) is 11.3 Å². The molecule has 1 aromatic heterocycles. The highest BCUT2D eigenvalue weighted by molar-refractivity contribution is 7.10. The molecule has 1 aliphatic carbocycles. The van der Waals surface area contributed by atoms with Crippen molar-refractivity contribution in [2.75, 3.05) is 19.7 Å². The summed E-state index contributed by atoms with van der Waals surface area (Å²) >= 11 is 1.74. The summed E-state index contributed by atoms with van der Waals surface area (Å²) < 4.78 is 11.9. The highest BCUT2D eigenvalue weighted by atomic mass is 32.1. The number of ether oxygens (including phenoxy) is 2. The Hall–Kier alpha value is -0.910. The van der Waals surface area contributed by atoms with Crippen molar-refractivity contribution in [1.29, 1.82) is 0 Å². The van der Waals surface area contributed by atoms with Crippen LogP contribution in [0.2, 0.25) is 0 Å². The molecule has 0 bridgehead atoms. The van der Waals surface area contributed by atoms with Crippen molar-refractivity contribution in [3.8, 4) is 0 Å². The van der Waals surface area contributed by atoms with Gasteiger partial charge >= 0.3 is 0 Å². The molecule has 0 N–H and O–H groups in total. The highest BCUT2D eigenvalue weighted by Gasteiger charge is 2.48. The molecule has 4 rings (SSSR count). The van der Waals surface area contributed by atoms with Crippen LogP contribution in [0.4, 0.5) is 0 Å². The van der Waals surface area contributed by atoms with Gasteiger partial charge in [-0.3, -0.25) is 4.79 Å². The van der Waals surface area contributed by atoms with Crippen LogP contribution in [0.15, 0.2) is 17.5 Å². The second-order valence-corrected chi connectivity index (χ2v) is 8.51. The quantitative estimate of drug-likeness (QED) is 0.817. The number of hydrogen-bond acceptors (Lipinski definition) is 4. The molecule has 0 aromatic carbocycles. The molecule has 2 aliphatic heterocycles. The normalized spacial score (nSPS) is 29.0. The largest absolute Gasteiger partial charge is 0.347 e. The maximum atomic E-state index is 13.5. The van der Waals surface area contributed by atoms with Gasteiger partial charge in [0.1, 0.15) is 0 Å². The first-order valence-electron chi connectivity index (χ1n) is 9.29. The van der Waals surface area contributed by atoms with Gasteiger partial charge in [-0.05, 0) is 31.2 Å². The summed E-state index contributed by atoms with van der Waals surface area (Å²) in [6.07, 6.45) is 7.32. The van der Waals surface area contributed by atoms with Gasteiger partial charge in [0.15, 0.2) is 5.79 Å². The van der Waals surface area contributed by atoms with E-state index >= 15 is 0 Å². The number of amides is 1. The van der Waals surface area contributed by atoms with E-state index in [9.17, 15) is 4.79 Å². The van der Waals surface area contributed by atoms with Gasteiger partial charge in [-0.15, -0.1) is 11.3 Å². The summed E-state index contributed by atoms with van der Waals surface area (Å²) in [6.45, 7) is 4.23. The van der Waals surface area contributed by atoms with Crippen molar-refractivity contribution in [2.45, 2.75) is 69.2 Å². The van der Waals surface area contributed by atoms with E-state index in [1.807, 2.05) is 0 Å². The van der Waals surface area contributed by atoms with Gasteiger partial charge < -0.3 is 14.4 Å². The van der Waals surface area contributed by atoms with Crippen molar-refractivity contribution in [3.05, 3.63) is 22.4 Å². The zero-order valence-electron chi connectivity index (χ0n) is 14.5. The molecule has 132 valence electrons. The number of thiophene rings is 1. The van der Waals surface area contributed by atoms with Crippen molar-refractivity contribution >= 4 is 17.2 Å². The summed E-state index contributed by atoms with van der Waals surface area (Å²) in [6, 6.07) is 4.24. The summed E-state index contributed by atoms with van der Waals surface area (Å²) in [5.41, 5.74) is -0.276. The van der Waals surface area contributed by atoms with Crippen molar-refractivity contribution < 1.29 is 14.3 Å².